The number of piperidine rings is 1. The van der Waals surface area contributed by atoms with Crippen LogP contribution in [0, 0.1) is 20.8 Å². The molecule has 1 aliphatic heterocycles. The predicted octanol–water partition coefficient (Wildman–Crippen LogP) is 4.18. The molecule has 0 aromatic heterocycles. The molecule has 3 N–H and O–H groups in total. The molecular formula is C26H35ClN4O3. The lowest BCUT2D eigenvalue weighted by Crippen LogP contribution is -2.49. The van der Waals surface area contributed by atoms with Crippen LogP contribution in [-0.4, -0.2) is 60.4 Å². The highest BCUT2D eigenvalue weighted by molar-refractivity contribution is 6.33. The molecule has 1 fully saturated rings. The number of benzene rings is 2. The number of carbonyl (C=O) groups excluding carboxylic acids is 2. The topological polar surface area (TPSA) is 87.9 Å². The Morgan fingerprint density at radius 3 is 2.38 bits per heavy atom. The number of nitrogens with zero attached hydrogens (tertiary/aromatic N) is 2. The third-order valence-electron chi connectivity index (χ3n) is 6.66. The van der Waals surface area contributed by atoms with E-state index < -0.39 is 0 Å². The van der Waals surface area contributed by atoms with E-state index in [0.29, 0.717) is 29.5 Å². The van der Waals surface area contributed by atoms with Crippen molar-refractivity contribution in [2.75, 3.05) is 43.8 Å². The van der Waals surface area contributed by atoms with Gasteiger partial charge < -0.3 is 20.7 Å². The number of carbonyl (C=O) groups is 2. The minimum atomic E-state index is -0.0725. The van der Waals surface area contributed by atoms with Crippen LogP contribution < -0.4 is 15.8 Å². The summed E-state index contributed by atoms with van der Waals surface area (Å²) in [5.41, 5.74) is 10.1. The number of nitrogens with two attached hydrogens (primary N) is 1. The number of likely N-dealkylation sites (tertiary alicyclic amines) is 1. The van der Waals surface area contributed by atoms with Gasteiger partial charge in [0.25, 0.3) is 5.91 Å². The zero-order valence-electron chi connectivity index (χ0n) is 20.5. The van der Waals surface area contributed by atoms with Crippen LogP contribution in [0.25, 0.3) is 0 Å². The number of hydrogen-bond donors (Lipinski definition) is 2. The summed E-state index contributed by atoms with van der Waals surface area (Å²) in [5, 5.41) is 3.38. The predicted molar refractivity (Wildman–Crippen MR) is 137 cm³/mol. The molecule has 7 nitrogen and oxygen atoms in total. The van der Waals surface area contributed by atoms with Crippen LogP contribution in [0.1, 0.15) is 36.5 Å². The van der Waals surface area contributed by atoms with Crippen LogP contribution in [0.15, 0.2) is 30.3 Å². The maximum atomic E-state index is 13.0. The first kappa shape index (κ1) is 25.8. The Bertz CT molecular complexity index is 991. The summed E-state index contributed by atoms with van der Waals surface area (Å²) in [4.78, 5) is 29.4. The standard InChI is InChI=1S/C26H35ClN4O3/c1-5-31(23(33)16-34-26-18(3)17(2)25(28)19(4)24(26)27)21-11-13-30(14-12-21)15-22(32)29-20-9-7-6-8-10-20/h6-10,21H,5,11-16,28H2,1-4H3,(H,29,32). The molecule has 184 valence electrons. The highest BCUT2D eigenvalue weighted by Gasteiger charge is 2.28. The largest absolute Gasteiger partial charge is 0.482 e. The molecule has 0 bridgehead atoms. The summed E-state index contributed by atoms with van der Waals surface area (Å²) >= 11 is 6.46. The highest BCUT2D eigenvalue weighted by atomic mass is 35.5. The molecule has 2 aromatic carbocycles. The molecule has 0 unspecified atom stereocenters. The minimum absolute atomic E-state index is 0.0252. The zero-order chi connectivity index (χ0) is 24.8. The fourth-order valence-electron chi connectivity index (χ4n) is 4.45. The normalized spacial score (nSPS) is 14.6. The minimum Gasteiger partial charge on any atom is -0.482 e. The summed E-state index contributed by atoms with van der Waals surface area (Å²) < 4.78 is 5.91. The first-order valence-corrected chi connectivity index (χ1v) is 12.1. The maximum absolute atomic E-state index is 13.0. The number of rotatable bonds is 8. The first-order valence-electron chi connectivity index (χ1n) is 11.8. The molecule has 34 heavy (non-hydrogen) atoms. The van der Waals surface area contributed by atoms with Crippen molar-refractivity contribution >= 4 is 34.8 Å². The summed E-state index contributed by atoms with van der Waals surface area (Å²) in [6, 6.07) is 9.58. The van der Waals surface area contributed by atoms with Crippen LogP contribution in [0.5, 0.6) is 5.75 Å². The molecule has 8 heteroatoms. The lowest BCUT2D eigenvalue weighted by molar-refractivity contribution is -0.136. The van der Waals surface area contributed by atoms with Gasteiger partial charge >= 0.3 is 0 Å². The van der Waals surface area contributed by atoms with Gasteiger partial charge in [-0.1, -0.05) is 29.8 Å². The maximum Gasteiger partial charge on any atom is 0.260 e. The second-order valence-electron chi connectivity index (χ2n) is 8.82. The van der Waals surface area contributed by atoms with Crippen molar-refractivity contribution in [1.82, 2.24) is 9.80 Å². The van der Waals surface area contributed by atoms with E-state index in [1.54, 1.807) is 0 Å². The molecule has 3 rings (SSSR count). The molecule has 0 atom stereocenters. The number of nitrogens with one attached hydrogen (secondary N) is 1. The molecule has 0 saturated carbocycles. The van der Waals surface area contributed by atoms with Crippen LogP contribution in [0.4, 0.5) is 11.4 Å². The average Bonchev–Trinajstić information content (AvgIpc) is 2.83. The molecule has 2 amide bonds. The Labute approximate surface area is 207 Å². The van der Waals surface area contributed by atoms with Gasteiger partial charge in [-0.3, -0.25) is 14.5 Å². The first-order chi connectivity index (χ1) is 16.2. The third kappa shape index (κ3) is 6.02. The highest BCUT2D eigenvalue weighted by Crippen LogP contribution is 2.38. The van der Waals surface area contributed by atoms with Crippen molar-refractivity contribution in [3.05, 3.63) is 52.0 Å². The summed E-state index contributed by atoms with van der Waals surface area (Å²) in [5.74, 6) is 0.433. The smallest absolute Gasteiger partial charge is 0.260 e. The lowest BCUT2D eigenvalue weighted by Gasteiger charge is -2.38. The zero-order valence-corrected chi connectivity index (χ0v) is 21.2. The van der Waals surface area contributed by atoms with E-state index in [1.165, 1.54) is 0 Å². The number of amides is 2. The van der Waals surface area contributed by atoms with Gasteiger partial charge in [0.15, 0.2) is 6.61 Å². The lowest BCUT2D eigenvalue weighted by atomic mass is 10.0. The number of ether oxygens (including phenoxy) is 1. The van der Waals surface area contributed by atoms with E-state index in [0.717, 1.165) is 48.3 Å². The van der Waals surface area contributed by atoms with Crippen molar-refractivity contribution < 1.29 is 14.3 Å². The van der Waals surface area contributed by atoms with E-state index in [1.807, 2.05) is 62.9 Å². The van der Waals surface area contributed by atoms with Crippen LogP contribution in [0.2, 0.25) is 5.02 Å². The SMILES string of the molecule is CCN(C(=O)COc1c(C)c(C)c(N)c(C)c1Cl)C1CCN(CC(=O)Nc2ccccc2)CC1. The van der Waals surface area contributed by atoms with Crippen molar-refractivity contribution in [1.29, 1.82) is 0 Å². The quantitative estimate of drug-likeness (QED) is 0.546. The molecule has 0 aliphatic carbocycles. The van der Waals surface area contributed by atoms with Gasteiger partial charge in [0, 0.05) is 37.1 Å². The molecular weight excluding hydrogens is 452 g/mol. The average molecular weight is 487 g/mol. The molecule has 0 radical (unpaired) electrons. The van der Waals surface area contributed by atoms with Gasteiger partial charge in [-0.2, -0.15) is 0 Å². The van der Waals surface area contributed by atoms with Crippen LogP contribution in [-0.2, 0) is 9.59 Å². The Kier molecular flexibility index (Phi) is 8.80. The monoisotopic (exact) mass is 486 g/mol. The van der Waals surface area contributed by atoms with Gasteiger partial charge in [0.2, 0.25) is 5.91 Å². The second-order valence-corrected chi connectivity index (χ2v) is 9.20. The van der Waals surface area contributed by atoms with Crippen molar-refractivity contribution in [3.8, 4) is 5.75 Å². The van der Waals surface area contributed by atoms with Crippen LogP contribution >= 0.6 is 11.6 Å². The number of anilines is 2. The number of nitrogen functional groups attached to an aromatic ring is 1. The van der Waals surface area contributed by atoms with Gasteiger partial charge in [0.1, 0.15) is 5.75 Å². The summed E-state index contributed by atoms with van der Waals surface area (Å²) in [7, 11) is 0. The number of hydrogen-bond acceptors (Lipinski definition) is 5. The molecule has 1 aliphatic rings. The number of para-hydroxylation sites is 1. The van der Waals surface area contributed by atoms with Gasteiger partial charge in [-0.05, 0) is 69.4 Å². The Balaban J connectivity index is 1.52. The Hall–Kier alpha value is -2.77. The fourth-order valence-corrected chi connectivity index (χ4v) is 4.75. The van der Waals surface area contributed by atoms with E-state index in [2.05, 4.69) is 10.2 Å². The number of likely N-dealkylation sites (N-methyl/N-ethyl adjacent to an activating group) is 1. The van der Waals surface area contributed by atoms with Crippen molar-refractivity contribution in [2.24, 2.45) is 0 Å². The second kappa shape index (κ2) is 11.6. The Morgan fingerprint density at radius 1 is 1.12 bits per heavy atom. The van der Waals surface area contributed by atoms with Crippen molar-refractivity contribution in [3.63, 3.8) is 0 Å². The van der Waals surface area contributed by atoms with E-state index in [-0.39, 0.29) is 24.5 Å². The van der Waals surface area contributed by atoms with E-state index in [4.69, 9.17) is 22.1 Å². The summed E-state index contributed by atoms with van der Waals surface area (Å²) in [6.45, 7) is 10.1. The third-order valence-corrected chi connectivity index (χ3v) is 7.12. The summed E-state index contributed by atoms with van der Waals surface area (Å²) in [6.07, 6.45) is 1.64. The molecule has 2 aromatic rings. The van der Waals surface area contributed by atoms with Crippen molar-refractivity contribution in [2.45, 2.75) is 46.6 Å². The molecule has 0 spiro atoms. The number of halogens is 1. The van der Waals surface area contributed by atoms with Gasteiger partial charge in [-0.25, -0.2) is 0 Å². The van der Waals surface area contributed by atoms with Gasteiger partial charge in [0.05, 0.1) is 11.6 Å². The Morgan fingerprint density at radius 2 is 1.76 bits per heavy atom. The molecule has 1 heterocycles. The molecule has 1 saturated heterocycles. The van der Waals surface area contributed by atoms with E-state index >= 15 is 0 Å². The van der Waals surface area contributed by atoms with Gasteiger partial charge in [-0.15, -0.1) is 0 Å². The van der Waals surface area contributed by atoms with E-state index in [9.17, 15) is 9.59 Å². The fraction of sp³-hybridized carbons (Fsp3) is 0.462. The van der Waals surface area contributed by atoms with Crippen LogP contribution in [0.3, 0.4) is 0 Å².